The van der Waals surface area contributed by atoms with Crippen molar-refractivity contribution in [3.05, 3.63) is 22.3 Å². The summed E-state index contributed by atoms with van der Waals surface area (Å²) in [6.07, 6.45) is 2.53. The minimum Gasteiger partial charge on any atom is -0.339 e. The lowest BCUT2D eigenvalue weighted by Crippen LogP contribution is -2.37. The molecule has 1 saturated heterocycles. The van der Waals surface area contributed by atoms with E-state index in [1.54, 1.807) is 0 Å². The van der Waals surface area contributed by atoms with Gasteiger partial charge in [0, 0.05) is 25.4 Å². The van der Waals surface area contributed by atoms with E-state index >= 15 is 0 Å². The summed E-state index contributed by atoms with van der Waals surface area (Å²) in [6.45, 7) is 7.48. The second kappa shape index (κ2) is 6.74. The van der Waals surface area contributed by atoms with Crippen molar-refractivity contribution in [2.45, 2.75) is 46.0 Å². The summed E-state index contributed by atoms with van der Waals surface area (Å²) in [5, 5.41) is 7.97. The van der Waals surface area contributed by atoms with Gasteiger partial charge in [0.05, 0.1) is 5.69 Å². The molecule has 1 aliphatic rings. The maximum atomic E-state index is 12.5. The summed E-state index contributed by atoms with van der Waals surface area (Å²) in [5.74, 6) is 2.27. The van der Waals surface area contributed by atoms with Gasteiger partial charge in [0.2, 0.25) is 5.89 Å². The highest BCUT2D eigenvalue weighted by Crippen LogP contribution is 2.28. The molecule has 0 radical (unpaired) electrons. The Morgan fingerprint density at radius 3 is 2.74 bits per heavy atom. The van der Waals surface area contributed by atoms with Gasteiger partial charge in [0.1, 0.15) is 4.88 Å². The van der Waals surface area contributed by atoms with Gasteiger partial charge >= 0.3 is 0 Å². The SMILES string of the molecule is Cc1nnsc1C(=O)N1CCC(c2nc(CC(C)C)no2)CC1. The summed E-state index contributed by atoms with van der Waals surface area (Å²) in [5.41, 5.74) is 0.706. The van der Waals surface area contributed by atoms with E-state index in [4.69, 9.17) is 4.52 Å². The Hall–Kier alpha value is -1.83. The van der Waals surface area contributed by atoms with Gasteiger partial charge in [-0.05, 0) is 37.2 Å². The second-order valence-corrected chi connectivity index (χ2v) is 7.15. The van der Waals surface area contributed by atoms with Crippen LogP contribution in [0, 0.1) is 12.8 Å². The highest BCUT2D eigenvalue weighted by molar-refractivity contribution is 7.07. The molecule has 0 bridgehead atoms. The van der Waals surface area contributed by atoms with E-state index in [2.05, 4.69) is 33.6 Å². The molecule has 0 atom stereocenters. The van der Waals surface area contributed by atoms with E-state index in [1.807, 2.05) is 11.8 Å². The average molecular weight is 335 g/mol. The maximum Gasteiger partial charge on any atom is 0.267 e. The van der Waals surface area contributed by atoms with Gasteiger partial charge in [-0.25, -0.2) is 0 Å². The van der Waals surface area contributed by atoms with Crippen LogP contribution in [0.25, 0.3) is 0 Å². The Bertz CT molecular complexity index is 673. The molecule has 124 valence electrons. The van der Waals surface area contributed by atoms with Crippen molar-refractivity contribution in [2.75, 3.05) is 13.1 Å². The van der Waals surface area contributed by atoms with Crippen LogP contribution in [-0.4, -0.2) is 43.6 Å². The number of hydrogen-bond acceptors (Lipinski definition) is 7. The molecule has 1 aliphatic heterocycles. The van der Waals surface area contributed by atoms with Crippen LogP contribution >= 0.6 is 11.5 Å². The minimum atomic E-state index is 0.0296. The zero-order valence-corrected chi connectivity index (χ0v) is 14.5. The van der Waals surface area contributed by atoms with Crippen LogP contribution < -0.4 is 0 Å². The van der Waals surface area contributed by atoms with Crippen molar-refractivity contribution in [2.24, 2.45) is 5.92 Å². The van der Waals surface area contributed by atoms with E-state index in [0.29, 0.717) is 35.5 Å². The zero-order chi connectivity index (χ0) is 16.4. The molecule has 0 spiro atoms. The molecule has 1 amide bonds. The smallest absolute Gasteiger partial charge is 0.267 e. The van der Waals surface area contributed by atoms with Crippen LogP contribution in [0.4, 0.5) is 0 Å². The number of carbonyl (C=O) groups is 1. The van der Waals surface area contributed by atoms with Crippen LogP contribution in [0.3, 0.4) is 0 Å². The zero-order valence-electron chi connectivity index (χ0n) is 13.7. The number of aromatic nitrogens is 4. The molecule has 2 aromatic heterocycles. The van der Waals surface area contributed by atoms with Crippen LogP contribution in [0.5, 0.6) is 0 Å². The third-order valence-corrected chi connectivity index (χ3v) is 4.87. The largest absolute Gasteiger partial charge is 0.339 e. The predicted molar refractivity (Wildman–Crippen MR) is 85.4 cm³/mol. The van der Waals surface area contributed by atoms with Gasteiger partial charge in [-0.15, -0.1) is 5.10 Å². The first-order valence-corrected chi connectivity index (χ1v) is 8.72. The molecule has 3 rings (SSSR count). The molecule has 23 heavy (non-hydrogen) atoms. The van der Waals surface area contributed by atoms with Crippen molar-refractivity contribution in [3.63, 3.8) is 0 Å². The Morgan fingerprint density at radius 2 is 2.13 bits per heavy atom. The summed E-state index contributed by atoms with van der Waals surface area (Å²) in [7, 11) is 0. The van der Waals surface area contributed by atoms with Crippen molar-refractivity contribution >= 4 is 17.4 Å². The first-order valence-electron chi connectivity index (χ1n) is 7.95. The van der Waals surface area contributed by atoms with Gasteiger partial charge < -0.3 is 9.42 Å². The normalized spacial score (nSPS) is 16.3. The highest BCUT2D eigenvalue weighted by atomic mass is 32.1. The minimum absolute atomic E-state index is 0.0296. The fourth-order valence-corrected chi connectivity index (χ4v) is 3.41. The third kappa shape index (κ3) is 3.57. The predicted octanol–water partition coefficient (Wildman–Crippen LogP) is 2.45. The first-order chi connectivity index (χ1) is 11.0. The van der Waals surface area contributed by atoms with Crippen molar-refractivity contribution in [1.82, 2.24) is 24.6 Å². The Kier molecular flexibility index (Phi) is 4.70. The Labute approximate surface area is 139 Å². The molecule has 0 saturated carbocycles. The van der Waals surface area contributed by atoms with Gasteiger partial charge in [0.25, 0.3) is 5.91 Å². The molecule has 8 heteroatoms. The molecular formula is C15H21N5O2S. The molecule has 2 aromatic rings. The number of aryl methyl sites for hydroxylation is 1. The lowest BCUT2D eigenvalue weighted by molar-refractivity contribution is 0.0708. The molecule has 0 aliphatic carbocycles. The number of hydrogen-bond donors (Lipinski definition) is 0. The molecule has 0 aromatic carbocycles. The number of piperidine rings is 1. The average Bonchev–Trinajstić information content (AvgIpc) is 3.15. The number of carbonyl (C=O) groups excluding carboxylic acids is 1. The van der Waals surface area contributed by atoms with E-state index in [-0.39, 0.29) is 11.8 Å². The standard InChI is InChI=1S/C15H21N5O2S/c1-9(2)8-12-16-14(22-18-12)11-4-6-20(7-5-11)15(21)13-10(3)17-19-23-13/h9,11H,4-8H2,1-3H3. The molecular weight excluding hydrogens is 314 g/mol. The van der Waals surface area contributed by atoms with Gasteiger partial charge in [-0.2, -0.15) is 4.98 Å². The van der Waals surface area contributed by atoms with Gasteiger partial charge in [-0.1, -0.05) is 23.5 Å². The second-order valence-electron chi connectivity index (χ2n) is 6.40. The molecule has 1 fully saturated rings. The Morgan fingerprint density at radius 1 is 1.39 bits per heavy atom. The number of likely N-dealkylation sites (tertiary alicyclic amines) is 1. The number of nitrogens with zero attached hydrogens (tertiary/aromatic N) is 5. The van der Waals surface area contributed by atoms with E-state index in [1.165, 1.54) is 0 Å². The maximum absolute atomic E-state index is 12.5. The number of amides is 1. The quantitative estimate of drug-likeness (QED) is 0.853. The van der Waals surface area contributed by atoms with Crippen LogP contribution in [0.1, 0.15) is 59.7 Å². The third-order valence-electron chi connectivity index (χ3n) is 4.05. The monoisotopic (exact) mass is 335 g/mol. The molecule has 0 unspecified atom stereocenters. The summed E-state index contributed by atoms with van der Waals surface area (Å²) >= 11 is 1.16. The highest BCUT2D eigenvalue weighted by Gasteiger charge is 2.29. The molecule has 3 heterocycles. The van der Waals surface area contributed by atoms with Crippen molar-refractivity contribution in [1.29, 1.82) is 0 Å². The first kappa shape index (κ1) is 16.0. The van der Waals surface area contributed by atoms with Crippen LogP contribution in [0.2, 0.25) is 0 Å². The van der Waals surface area contributed by atoms with Crippen LogP contribution in [0.15, 0.2) is 4.52 Å². The summed E-state index contributed by atoms with van der Waals surface area (Å²) in [6, 6.07) is 0. The lowest BCUT2D eigenvalue weighted by atomic mass is 9.96. The molecule has 7 nitrogen and oxygen atoms in total. The fourth-order valence-electron chi connectivity index (χ4n) is 2.78. The van der Waals surface area contributed by atoms with E-state index in [0.717, 1.165) is 36.6 Å². The summed E-state index contributed by atoms with van der Waals surface area (Å²) in [4.78, 5) is 19.5. The fraction of sp³-hybridized carbons (Fsp3) is 0.667. The van der Waals surface area contributed by atoms with Crippen LogP contribution in [-0.2, 0) is 6.42 Å². The van der Waals surface area contributed by atoms with Gasteiger partial charge in [0.15, 0.2) is 5.82 Å². The summed E-state index contributed by atoms with van der Waals surface area (Å²) < 4.78 is 9.25. The van der Waals surface area contributed by atoms with E-state index in [9.17, 15) is 4.79 Å². The van der Waals surface area contributed by atoms with Crippen molar-refractivity contribution < 1.29 is 9.32 Å². The number of rotatable bonds is 4. The Balaban J connectivity index is 1.59. The molecule has 0 N–H and O–H groups in total. The van der Waals surface area contributed by atoms with Crippen molar-refractivity contribution in [3.8, 4) is 0 Å². The van der Waals surface area contributed by atoms with Gasteiger partial charge in [-0.3, -0.25) is 4.79 Å². The lowest BCUT2D eigenvalue weighted by Gasteiger charge is -2.30. The van der Waals surface area contributed by atoms with E-state index < -0.39 is 0 Å². The topological polar surface area (TPSA) is 85.0 Å².